The van der Waals surface area contributed by atoms with Crippen LogP contribution in [0.5, 0.6) is 0 Å². The van der Waals surface area contributed by atoms with Crippen molar-refractivity contribution < 1.29 is 9.59 Å². The van der Waals surface area contributed by atoms with E-state index in [1.807, 2.05) is 25.1 Å². The summed E-state index contributed by atoms with van der Waals surface area (Å²) in [5.74, 6) is 1.60. The van der Waals surface area contributed by atoms with E-state index in [4.69, 9.17) is 0 Å². The minimum Gasteiger partial charge on any atom is -0.342 e. The van der Waals surface area contributed by atoms with Crippen LogP contribution in [-0.2, 0) is 4.79 Å². The monoisotopic (exact) mass is 385 g/mol. The van der Waals surface area contributed by atoms with Crippen LogP contribution >= 0.6 is 0 Å². The Morgan fingerprint density at radius 2 is 1.86 bits per heavy atom. The summed E-state index contributed by atoms with van der Waals surface area (Å²) >= 11 is 0. The van der Waals surface area contributed by atoms with Gasteiger partial charge in [-0.05, 0) is 30.4 Å². The van der Waals surface area contributed by atoms with Gasteiger partial charge in [0.05, 0.1) is 6.04 Å². The van der Waals surface area contributed by atoms with Gasteiger partial charge in [-0.25, -0.2) is 4.79 Å². The van der Waals surface area contributed by atoms with E-state index in [1.54, 1.807) is 4.90 Å². The third kappa shape index (κ3) is 4.18. The van der Waals surface area contributed by atoms with E-state index in [0.717, 1.165) is 32.5 Å². The second-order valence-corrected chi connectivity index (χ2v) is 9.14. The van der Waals surface area contributed by atoms with Gasteiger partial charge in [0.2, 0.25) is 5.91 Å². The number of benzene rings is 1. The lowest BCUT2D eigenvalue weighted by atomic mass is 9.88. The zero-order valence-electron chi connectivity index (χ0n) is 18.0. The number of fused-ring (bicyclic) bond motifs is 1. The molecule has 0 N–H and O–H groups in total. The quantitative estimate of drug-likeness (QED) is 0.771. The Balaban J connectivity index is 1.77. The Kier molecular flexibility index (Phi) is 6.31. The molecule has 2 fully saturated rings. The third-order valence-corrected chi connectivity index (χ3v) is 6.32. The van der Waals surface area contributed by atoms with E-state index < -0.39 is 0 Å². The summed E-state index contributed by atoms with van der Waals surface area (Å²) in [6.45, 7) is 8.80. The summed E-state index contributed by atoms with van der Waals surface area (Å²) in [4.78, 5) is 31.3. The van der Waals surface area contributed by atoms with Crippen LogP contribution in [0.3, 0.4) is 0 Å². The summed E-state index contributed by atoms with van der Waals surface area (Å²) in [6.07, 6.45) is 2.71. The molecule has 3 atom stereocenters. The molecule has 2 aliphatic rings. The van der Waals surface area contributed by atoms with Crippen LogP contribution in [0.15, 0.2) is 24.3 Å². The second kappa shape index (κ2) is 8.54. The molecule has 5 nitrogen and oxygen atoms in total. The molecular weight excluding hydrogens is 350 g/mol. The summed E-state index contributed by atoms with van der Waals surface area (Å²) < 4.78 is 0. The summed E-state index contributed by atoms with van der Waals surface area (Å²) in [6, 6.07) is 8.48. The van der Waals surface area contributed by atoms with Gasteiger partial charge in [0, 0.05) is 52.0 Å². The van der Waals surface area contributed by atoms with Crippen molar-refractivity contribution >= 4 is 11.9 Å². The van der Waals surface area contributed by atoms with Crippen molar-refractivity contribution in [2.75, 3.05) is 33.7 Å². The van der Waals surface area contributed by atoms with E-state index in [1.165, 1.54) is 11.1 Å². The molecule has 2 saturated heterocycles. The highest BCUT2D eigenvalue weighted by atomic mass is 16.2. The maximum atomic E-state index is 12.9. The molecule has 0 saturated carbocycles. The van der Waals surface area contributed by atoms with Gasteiger partial charge in [0.25, 0.3) is 0 Å². The molecule has 0 unspecified atom stereocenters. The Hall–Kier alpha value is -2.04. The van der Waals surface area contributed by atoms with Crippen molar-refractivity contribution in [1.29, 1.82) is 0 Å². The topological polar surface area (TPSA) is 43.9 Å². The van der Waals surface area contributed by atoms with Gasteiger partial charge < -0.3 is 14.7 Å². The molecule has 1 aromatic carbocycles. The highest BCUT2D eigenvalue weighted by Gasteiger charge is 2.50. The van der Waals surface area contributed by atoms with Gasteiger partial charge in [-0.3, -0.25) is 4.79 Å². The minimum atomic E-state index is 0.0505. The van der Waals surface area contributed by atoms with E-state index in [0.29, 0.717) is 24.2 Å². The number of aryl methyl sites for hydroxylation is 1. The maximum Gasteiger partial charge on any atom is 0.320 e. The van der Waals surface area contributed by atoms with Crippen LogP contribution in [-0.4, -0.2) is 60.4 Å². The van der Waals surface area contributed by atoms with Gasteiger partial charge in [-0.15, -0.1) is 0 Å². The number of amides is 3. The molecule has 5 heteroatoms. The minimum absolute atomic E-state index is 0.0505. The summed E-state index contributed by atoms with van der Waals surface area (Å²) in [5, 5.41) is 0. The first kappa shape index (κ1) is 20.7. The first-order valence-corrected chi connectivity index (χ1v) is 10.6. The first-order valence-electron chi connectivity index (χ1n) is 10.6. The zero-order chi connectivity index (χ0) is 20.4. The Labute approximate surface area is 169 Å². The molecule has 0 aromatic heterocycles. The van der Waals surface area contributed by atoms with E-state index >= 15 is 0 Å². The number of hydrogen-bond acceptors (Lipinski definition) is 2. The number of carbonyl (C=O) groups is 2. The van der Waals surface area contributed by atoms with E-state index in [-0.39, 0.29) is 18.0 Å². The first-order chi connectivity index (χ1) is 13.3. The Morgan fingerprint density at radius 1 is 1.14 bits per heavy atom. The molecule has 154 valence electrons. The lowest BCUT2D eigenvalue weighted by molar-refractivity contribution is -0.130. The van der Waals surface area contributed by atoms with Gasteiger partial charge >= 0.3 is 6.03 Å². The molecule has 28 heavy (non-hydrogen) atoms. The lowest BCUT2D eigenvalue weighted by Gasteiger charge is -2.32. The molecule has 0 radical (unpaired) electrons. The molecule has 2 heterocycles. The predicted octanol–water partition coefficient (Wildman–Crippen LogP) is 3.93. The number of likely N-dealkylation sites (tertiary alicyclic amines) is 2. The normalized spacial score (nSPS) is 24.0. The highest BCUT2D eigenvalue weighted by molar-refractivity contribution is 5.77. The number of hydrogen-bond donors (Lipinski definition) is 0. The lowest BCUT2D eigenvalue weighted by Crippen LogP contribution is -2.42. The van der Waals surface area contributed by atoms with Crippen molar-refractivity contribution in [3.8, 4) is 0 Å². The van der Waals surface area contributed by atoms with Gasteiger partial charge in [-0.1, -0.05) is 44.5 Å². The number of nitrogens with zero attached hydrogens (tertiary/aromatic N) is 3. The van der Waals surface area contributed by atoms with Crippen molar-refractivity contribution in [3.05, 3.63) is 35.4 Å². The van der Waals surface area contributed by atoms with Gasteiger partial charge in [0.15, 0.2) is 0 Å². The SMILES string of the molecule is Cc1ccccc1[C@H]1[C@@H]2CN(C(=O)CCCC(C)C)C[C@@H]2CN1C(=O)N(C)C. The fraction of sp³-hybridized carbons (Fsp3) is 0.652. The number of rotatable bonds is 5. The molecule has 3 rings (SSSR count). The fourth-order valence-electron chi connectivity index (χ4n) is 4.84. The smallest absolute Gasteiger partial charge is 0.320 e. The van der Waals surface area contributed by atoms with Crippen molar-refractivity contribution in [2.24, 2.45) is 17.8 Å². The highest BCUT2D eigenvalue weighted by Crippen LogP contribution is 2.46. The molecule has 0 aliphatic carbocycles. The van der Waals surface area contributed by atoms with E-state index in [2.05, 4.69) is 43.9 Å². The summed E-state index contributed by atoms with van der Waals surface area (Å²) in [7, 11) is 3.63. The fourth-order valence-corrected chi connectivity index (χ4v) is 4.84. The van der Waals surface area contributed by atoms with Crippen molar-refractivity contribution in [2.45, 2.75) is 46.1 Å². The van der Waals surface area contributed by atoms with Crippen molar-refractivity contribution in [3.63, 3.8) is 0 Å². The van der Waals surface area contributed by atoms with Crippen LogP contribution in [0, 0.1) is 24.7 Å². The molecule has 0 bridgehead atoms. The van der Waals surface area contributed by atoms with Gasteiger partial charge in [0.1, 0.15) is 0 Å². The zero-order valence-corrected chi connectivity index (χ0v) is 18.0. The molecule has 0 spiro atoms. The largest absolute Gasteiger partial charge is 0.342 e. The average molecular weight is 386 g/mol. The Bertz CT molecular complexity index is 716. The molecule has 1 aromatic rings. The maximum absolute atomic E-state index is 12.9. The standard InChI is InChI=1S/C23H35N3O2/c1-16(2)9-8-12-21(27)25-13-18-14-26(23(28)24(4)5)22(20(18)15-25)19-11-7-6-10-17(19)3/h6-7,10-11,16,18,20,22H,8-9,12-15H2,1-5H3/t18-,20-,22+/m1/s1. The average Bonchev–Trinajstić information content (AvgIpc) is 3.19. The summed E-state index contributed by atoms with van der Waals surface area (Å²) in [5.41, 5.74) is 2.44. The van der Waals surface area contributed by atoms with Crippen LogP contribution < -0.4 is 0 Å². The van der Waals surface area contributed by atoms with E-state index in [9.17, 15) is 9.59 Å². The molecule has 3 amide bonds. The second-order valence-electron chi connectivity index (χ2n) is 9.14. The molecule has 2 aliphatic heterocycles. The van der Waals surface area contributed by atoms with Gasteiger partial charge in [-0.2, -0.15) is 0 Å². The van der Waals surface area contributed by atoms with Crippen LogP contribution in [0.2, 0.25) is 0 Å². The van der Waals surface area contributed by atoms with Crippen molar-refractivity contribution in [1.82, 2.24) is 14.7 Å². The Morgan fingerprint density at radius 3 is 2.50 bits per heavy atom. The van der Waals surface area contributed by atoms with Crippen LogP contribution in [0.1, 0.15) is 50.3 Å². The third-order valence-electron chi connectivity index (χ3n) is 6.32. The number of urea groups is 1. The predicted molar refractivity (Wildman–Crippen MR) is 112 cm³/mol. The van der Waals surface area contributed by atoms with Crippen LogP contribution in [0.4, 0.5) is 4.79 Å². The molecular formula is C23H35N3O2. The number of carbonyl (C=O) groups excluding carboxylic acids is 2. The van der Waals surface area contributed by atoms with Crippen LogP contribution in [0.25, 0.3) is 0 Å².